The van der Waals surface area contributed by atoms with E-state index in [-0.39, 0.29) is 18.1 Å². The third kappa shape index (κ3) is 7.20. The molecule has 3 heterocycles. The van der Waals surface area contributed by atoms with Gasteiger partial charge < -0.3 is 19.6 Å². The number of benzene rings is 2. The van der Waals surface area contributed by atoms with Crippen LogP contribution in [-0.4, -0.2) is 68.2 Å². The Morgan fingerprint density at radius 2 is 1.71 bits per heavy atom. The smallest absolute Gasteiger partial charge is 0.410 e. The van der Waals surface area contributed by atoms with Crippen molar-refractivity contribution in [3.63, 3.8) is 0 Å². The molecule has 1 N–H and O–H groups in total. The molecule has 8 nitrogen and oxygen atoms in total. The van der Waals surface area contributed by atoms with Crippen LogP contribution in [0.3, 0.4) is 0 Å². The van der Waals surface area contributed by atoms with Crippen molar-refractivity contribution in [2.24, 2.45) is 5.92 Å². The van der Waals surface area contributed by atoms with Crippen LogP contribution in [0.2, 0.25) is 5.02 Å². The Kier molecular flexibility index (Phi) is 9.02. The number of piperidine rings is 2. The lowest BCUT2D eigenvalue weighted by Gasteiger charge is -2.38. The van der Waals surface area contributed by atoms with E-state index in [0.29, 0.717) is 37.1 Å². The van der Waals surface area contributed by atoms with Gasteiger partial charge in [0.2, 0.25) is 0 Å². The number of fused-ring (bicyclic) bond motifs is 1. The highest BCUT2D eigenvalue weighted by atomic mass is 35.5. The lowest BCUT2D eigenvalue weighted by atomic mass is 9.87. The highest BCUT2D eigenvalue weighted by Crippen LogP contribution is 2.36. The number of hydrogen-bond acceptors (Lipinski definition) is 4. The first-order valence-electron chi connectivity index (χ1n) is 15.2. The van der Waals surface area contributed by atoms with E-state index in [4.69, 9.17) is 21.4 Å². The fraction of sp³-hybridized carbons (Fsp3) is 0.545. The molecule has 0 spiro atoms. The Hall–Kier alpha value is -3.26. The van der Waals surface area contributed by atoms with Gasteiger partial charge in [-0.1, -0.05) is 35.9 Å². The third-order valence-electron chi connectivity index (χ3n) is 8.71. The largest absolute Gasteiger partial charge is 0.465 e. The summed E-state index contributed by atoms with van der Waals surface area (Å²) in [6.45, 7) is 10.3. The molecule has 3 aromatic rings. The van der Waals surface area contributed by atoms with Gasteiger partial charge in [-0.3, -0.25) is 4.68 Å². The predicted octanol–water partition coefficient (Wildman–Crippen LogP) is 7.56. The number of ether oxygens (including phenoxy) is 1. The number of carbonyl (C=O) groups excluding carboxylic acids is 1. The van der Waals surface area contributed by atoms with Gasteiger partial charge in [0.15, 0.2) is 0 Å². The van der Waals surface area contributed by atoms with Crippen LogP contribution in [0.5, 0.6) is 0 Å². The summed E-state index contributed by atoms with van der Waals surface area (Å²) in [6, 6.07) is 14.7. The van der Waals surface area contributed by atoms with Gasteiger partial charge in [-0.15, -0.1) is 0 Å². The fourth-order valence-corrected chi connectivity index (χ4v) is 6.51. The third-order valence-corrected chi connectivity index (χ3v) is 8.96. The zero-order valence-corrected chi connectivity index (χ0v) is 25.9. The van der Waals surface area contributed by atoms with Crippen molar-refractivity contribution in [2.45, 2.75) is 90.3 Å². The first-order valence-corrected chi connectivity index (χ1v) is 15.6. The van der Waals surface area contributed by atoms with Gasteiger partial charge >= 0.3 is 12.2 Å². The maximum absolute atomic E-state index is 12.8. The van der Waals surface area contributed by atoms with Gasteiger partial charge in [0.1, 0.15) is 5.60 Å². The SMILES string of the molecule is CC1CC(c2nn(Cc3ccc(Cl)cc3)c3cc(CCC4CCN(C(=O)O)CC4)ccc23)CCN1C(=O)OC(C)(C)C. The summed E-state index contributed by atoms with van der Waals surface area (Å²) in [5.41, 5.74) is 4.12. The van der Waals surface area contributed by atoms with Gasteiger partial charge in [-0.2, -0.15) is 5.10 Å². The Balaban J connectivity index is 1.35. The second-order valence-electron chi connectivity index (χ2n) is 13.0. The Bertz CT molecular complexity index is 1410. The molecule has 1 aromatic heterocycles. The summed E-state index contributed by atoms with van der Waals surface area (Å²) >= 11 is 6.15. The van der Waals surface area contributed by atoms with Crippen LogP contribution in [0.1, 0.15) is 82.5 Å². The lowest BCUT2D eigenvalue weighted by Crippen LogP contribution is -2.46. The monoisotopic (exact) mass is 594 g/mol. The van der Waals surface area contributed by atoms with Gasteiger partial charge in [0.05, 0.1) is 17.8 Å². The summed E-state index contributed by atoms with van der Waals surface area (Å²) in [4.78, 5) is 27.5. The number of rotatable bonds is 6. The van der Waals surface area contributed by atoms with Gasteiger partial charge in [-0.25, -0.2) is 9.59 Å². The van der Waals surface area contributed by atoms with Gasteiger partial charge in [0, 0.05) is 42.0 Å². The highest BCUT2D eigenvalue weighted by molar-refractivity contribution is 6.30. The number of halogens is 1. The van der Waals surface area contributed by atoms with Crippen LogP contribution < -0.4 is 0 Å². The normalized spacial score (nSPS) is 20.2. The van der Waals surface area contributed by atoms with Crippen LogP contribution in [0.4, 0.5) is 9.59 Å². The Morgan fingerprint density at radius 1 is 1.02 bits per heavy atom. The van der Waals surface area contributed by atoms with Crippen molar-refractivity contribution in [1.29, 1.82) is 0 Å². The predicted molar refractivity (Wildman–Crippen MR) is 165 cm³/mol. The quantitative estimate of drug-likeness (QED) is 0.318. The minimum absolute atomic E-state index is 0.0573. The molecule has 0 saturated carbocycles. The molecular formula is C33H43ClN4O4. The van der Waals surface area contributed by atoms with E-state index in [0.717, 1.165) is 55.3 Å². The number of carbonyl (C=O) groups is 2. The molecule has 2 aliphatic rings. The molecule has 9 heteroatoms. The number of aryl methyl sites for hydroxylation is 1. The van der Waals surface area contributed by atoms with Gasteiger partial charge in [-0.05, 0) is 101 Å². The van der Waals surface area contributed by atoms with Gasteiger partial charge in [0.25, 0.3) is 0 Å². The first kappa shape index (κ1) is 30.2. The number of aromatic nitrogens is 2. The van der Waals surface area contributed by atoms with Crippen LogP contribution >= 0.6 is 11.6 Å². The first-order chi connectivity index (χ1) is 20.0. The van der Waals surface area contributed by atoms with Crippen molar-refractivity contribution in [1.82, 2.24) is 19.6 Å². The van der Waals surface area contributed by atoms with E-state index >= 15 is 0 Å². The van der Waals surface area contributed by atoms with Crippen molar-refractivity contribution in [3.05, 3.63) is 64.3 Å². The number of carboxylic acid groups (broad SMARTS) is 1. The Morgan fingerprint density at radius 3 is 2.36 bits per heavy atom. The van der Waals surface area contributed by atoms with Crippen molar-refractivity contribution in [3.8, 4) is 0 Å². The van der Waals surface area contributed by atoms with Crippen LogP contribution in [0.15, 0.2) is 42.5 Å². The summed E-state index contributed by atoms with van der Waals surface area (Å²) in [5.74, 6) is 0.792. The van der Waals surface area contributed by atoms with Crippen LogP contribution in [0, 0.1) is 5.92 Å². The molecule has 2 saturated heterocycles. The van der Waals surface area contributed by atoms with Crippen molar-refractivity contribution < 1.29 is 19.4 Å². The molecule has 2 amide bonds. The molecule has 2 aliphatic heterocycles. The van der Waals surface area contributed by atoms with E-state index in [1.165, 1.54) is 15.8 Å². The second-order valence-corrected chi connectivity index (χ2v) is 13.5. The minimum atomic E-state index is -0.812. The summed E-state index contributed by atoms with van der Waals surface area (Å²) in [6.07, 6.45) is 4.48. The molecule has 0 aliphatic carbocycles. The van der Waals surface area contributed by atoms with Crippen molar-refractivity contribution in [2.75, 3.05) is 19.6 Å². The average molecular weight is 595 g/mol. The molecule has 5 rings (SSSR count). The highest BCUT2D eigenvalue weighted by Gasteiger charge is 2.34. The zero-order chi connectivity index (χ0) is 30.0. The van der Waals surface area contributed by atoms with E-state index in [2.05, 4.69) is 29.8 Å². The lowest BCUT2D eigenvalue weighted by molar-refractivity contribution is 0.0102. The number of nitrogens with zero attached hydrogens (tertiary/aromatic N) is 4. The van der Waals surface area contributed by atoms with E-state index < -0.39 is 11.7 Å². The number of amides is 2. The molecule has 2 unspecified atom stereocenters. The topological polar surface area (TPSA) is 87.9 Å². The number of likely N-dealkylation sites (tertiary alicyclic amines) is 2. The molecule has 226 valence electrons. The molecule has 2 aromatic carbocycles. The Labute approximate surface area is 253 Å². The molecule has 42 heavy (non-hydrogen) atoms. The molecule has 0 bridgehead atoms. The van der Waals surface area contributed by atoms with Crippen LogP contribution in [0.25, 0.3) is 10.9 Å². The maximum atomic E-state index is 12.8. The second kappa shape index (κ2) is 12.5. The van der Waals surface area contributed by atoms with Crippen molar-refractivity contribution >= 4 is 34.7 Å². The summed E-state index contributed by atoms with van der Waals surface area (Å²) in [7, 11) is 0. The van der Waals surface area contributed by atoms with E-state index in [1.54, 1.807) is 0 Å². The molecule has 2 fully saturated rings. The maximum Gasteiger partial charge on any atom is 0.410 e. The summed E-state index contributed by atoms with van der Waals surface area (Å²) in [5, 5.41) is 16.3. The average Bonchev–Trinajstić information content (AvgIpc) is 3.29. The molecular weight excluding hydrogens is 552 g/mol. The van der Waals surface area contributed by atoms with E-state index in [9.17, 15) is 14.7 Å². The van der Waals surface area contributed by atoms with Crippen LogP contribution in [-0.2, 0) is 17.7 Å². The standard InChI is InChI=1S/C33H43ClN4O4/c1-22-19-26(15-18-37(22)32(41)42-33(2,3)4)30-28-12-9-24(6-5-23-13-16-36(17-14-23)31(39)40)20-29(28)38(35-30)21-25-7-10-27(34)11-8-25/h7-12,20,22-23,26H,5-6,13-19,21H2,1-4H3,(H,39,40). The minimum Gasteiger partial charge on any atom is -0.465 e. The molecule has 2 atom stereocenters. The molecule has 0 radical (unpaired) electrons. The van der Waals surface area contributed by atoms with E-state index in [1.807, 2.05) is 49.9 Å². The fourth-order valence-electron chi connectivity index (χ4n) is 6.38. The number of hydrogen-bond donors (Lipinski definition) is 1. The zero-order valence-electron chi connectivity index (χ0n) is 25.2. The summed E-state index contributed by atoms with van der Waals surface area (Å²) < 4.78 is 7.78.